The quantitative estimate of drug-likeness (QED) is 0.791. The molecule has 2 heterocycles. The molecule has 2 aromatic rings. The van der Waals surface area contributed by atoms with Crippen molar-refractivity contribution in [3.63, 3.8) is 0 Å². The zero-order valence-corrected chi connectivity index (χ0v) is 13.2. The van der Waals surface area contributed by atoms with Crippen molar-refractivity contribution in [2.45, 2.75) is 11.8 Å². The number of aryl methyl sites for hydroxylation is 1. The van der Waals surface area contributed by atoms with Crippen LogP contribution in [0, 0.1) is 6.92 Å². The molecule has 1 fully saturated rings. The van der Waals surface area contributed by atoms with Crippen LogP contribution in [-0.4, -0.2) is 23.1 Å². The Balaban J connectivity index is 2.01. The summed E-state index contributed by atoms with van der Waals surface area (Å²) in [6, 6.07) is 14.1. The van der Waals surface area contributed by atoms with E-state index in [1.165, 1.54) is 11.1 Å². The van der Waals surface area contributed by atoms with Gasteiger partial charge in [0.25, 0.3) is 5.91 Å². The maximum absolute atomic E-state index is 12.7. The van der Waals surface area contributed by atoms with Gasteiger partial charge in [-0.05, 0) is 24.6 Å². The molecule has 4 heteroatoms. The van der Waals surface area contributed by atoms with Crippen LogP contribution in [0.15, 0.2) is 42.5 Å². The third-order valence-electron chi connectivity index (χ3n) is 4.24. The minimum atomic E-state index is -0.372. The molecule has 0 aliphatic carbocycles. The van der Waals surface area contributed by atoms with Crippen LogP contribution in [0.5, 0.6) is 0 Å². The smallest absolute Gasteiger partial charge is 0.256 e. The van der Waals surface area contributed by atoms with E-state index in [1.807, 2.05) is 28.8 Å². The Labute approximate surface area is 133 Å². The minimum absolute atomic E-state index is 0.0963. The summed E-state index contributed by atoms with van der Waals surface area (Å²) >= 11 is 7.92. The highest BCUT2D eigenvalue weighted by Crippen LogP contribution is 2.55. The topological polar surface area (TPSA) is 20.3 Å². The SMILES string of the molecule is Cc1cccc(C23SCCN2C(=O)c2cc(Cl)ccc23)c1. The van der Waals surface area contributed by atoms with Gasteiger partial charge in [0.2, 0.25) is 0 Å². The number of rotatable bonds is 1. The van der Waals surface area contributed by atoms with E-state index in [1.54, 1.807) is 6.07 Å². The highest BCUT2D eigenvalue weighted by Gasteiger charge is 2.54. The summed E-state index contributed by atoms with van der Waals surface area (Å²) in [4.78, 5) is 14.4. The fourth-order valence-electron chi connectivity index (χ4n) is 3.37. The van der Waals surface area contributed by atoms with Gasteiger partial charge in [0.05, 0.1) is 0 Å². The molecule has 0 radical (unpaired) electrons. The molecule has 0 saturated carbocycles. The lowest BCUT2D eigenvalue weighted by atomic mass is 9.96. The molecule has 0 aromatic heterocycles. The standard InChI is InChI=1S/C17H14ClNOS/c1-11-3-2-4-12(9-11)17-15-6-5-13(18)10-14(15)16(20)19(17)7-8-21-17/h2-6,9-10H,7-8H2,1H3. The van der Waals surface area contributed by atoms with Gasteiger partial charge in [-0.2, -0.15) is 0 Å². The first-order valence-corrected chi connectivity index (χ1v) is 8.32. The van der Waals surface area contributed by atoms with Crippen LogP contribution in [0.1, 0.15) is 27.0 Å². The van der Waals surface area contributed by atoms with Crippen molar-refractivity contribution in [1.82, 2.24) is 4.90 Å². The van der Waals surface area contributed by atoms with Gasteiger partial charge in [0.1, 0.15) is 4.87 Å². The summed E-state index contributed by atoms with van der Waals surface area (Å²) in [5.41, 5.74) is 4.21. The van der Waals surface area contributed by atoms with Gasteiger partial charge in [-0.1, -0.05) is 47.5 Å². The van der Waals surface area contributed by atoms with Crippen molar-refractivity contribution < 1.29 is 4.79 Å². The van der Waals surface area contributed by atoms with Gasteiger partial charge < -0.3 is 4.90 Å². The van der Waals surface area contributed by atoms with Crippen LogP contribution in [0.2, 0.25) is 5.02 Å². The lowest BCUT2D eigenvalue weighted by molar-refractivity contribution is 0.0752. The Morgan fingerprint density at radius 3 is 2.90 bits per heavy atom. The monoisotopic (exact) mass is 315 g/mol. The molecule has 106 valence electrons. The number of halogens is 1. The minimum Gasteiger partial charge on any atom is -0.315 e. The van der Waals surface area contributed by atoms with Gasteiger partial charge in [-0.3, -0.25) is 4.79 Å². The van der Waals surface area contributed by atoms with Crippen LogP contribution in [0.3, 0.4) is 0 Å². The number of thioether (sulfide) groups is 1. The number of hydrogen-bond acceptors (Lipinski definition) is 2. The largest absolute Gasteiger partial charge is 0.315 e. The summed E-state index contributed by atoms with van der Waals surface area (Å²) in [6.45, 7) is 2.87. The number of amides is 1. The van der Waals surface area contributed by atoms with Crippen molar-refractivity contribution >= 4 is 29.3 Å². The average Bonchev–Trinajstić information content (AvgIpc) is 2.99. The molecule has 2 nitrogen and oxygen atoms in total. The van der Waals surface area contributed by atoms with Gasteiger partial charge in [0.15, 0.2) is 0 Å². The molecule has 0 N–H and O–H groups in total. The lowest BCUT2D eigenvalue weighted by Gasteiger charge is -2.32. The number of carbonyl (C=O) groups excluding carboxylic acids is 1. The third-order valence-corrected chi connectivity index (χ3v) is 5.95. The average molecular weight is 316 g/mol. The zero-order chi connectivity index (χ0) is 14.6. The Kier molecular flexibility index (Phi) is 2.85. The summed E-state index contributed by atoms with van der Waals surface area (Å²) in [7, 11) is 0. The molecule has 4 rings (SSSR count). The van der Waals surface area contributed by atoms with Gasteiger partial charge in [-0.25, -0.2) is 0 Å². The van der Waals surface area contributed by atoms with Crippen LogP contribution in [0.4, 0.5) is 0 Å². The first-order valence-electron chi connectivity index (χ1n) is 6.96. The summed E-state index contributed by atoms with van der Waals surface area (Å²) < 4.78 is 0. The molecule has 2 aliphatic heterocycles. The number of nitrogens with zero attached hydrogens (tertiary/aromatic N) is 1. The van der Waals surface area contributed by atoms with Crippen molar-refractivity contribution in [3.05, 3.63) is 69.7 Å². The number of fused-ring (bicyclic) bond motifs is 3. The Morgan fingerprint density at radius 2 is 2.10 bits per heavy atom. The second-order valence-corrected chi connectivity index (χ2v) is 7.23. The number of carbonyl (C=O) groups is 1. The van der Waals surface area contributed by atoms with E-state index in [9.17, 15) is 4.79 Å². The van der Waals surface area contributed by atoms with Gasteiger partial charge in [-0.15, -0.1) is 11.8 Å². The summed E-state index contributed by atoms with van der Waals surface area (Å²) in [5, 5.41) is 0.618. The van der Waals surface area contributed by atoms with Crippen LogP contribution >= 0.6 is 23.4 Å². The lowest BCUT2D eigenvalue weighted by Crippen LogP contribution is -2.37. The van der Waals surface area contributed by atoms with E-state index in [-0.39, 0.29) is 10.8 Å². The van der Waals surface area contributed by atoms with Gasteiger partial charge in [0, 0.05) is 28.4 Å². The van der Waals surface area contributed by atoms with Crippen molar-refractivity contribution in [2.24, 2.45) is 0 Å². The maximum Gasteiger partial charge on any atom is 0.256 e. The zero-order valence-electron chi connectivity index (χ0n) is 11.6. The summed E-state index contributed by atoms with van der Waals surface area (Å²) in [5.74, 6) is 1.06. The molecular weight excluding hydrogens is 302 g/mol. The van der Waals surface area contributed by atoms with E-state index >= 15 is 0 Å². The second-order valence-electron chi connectivity index (χ2n) is 5.51. The Hall–Kier alpha value is -1.45. The molecule has 21 heavy (non-hydrogen) atoms. The van der Waals surface area contributed by atoms with Crippen LogP contribution in [0.25, 0.3) is 0 Å². The molecule has 1 saturated heterocycles. The van der Waals surface area contributed by atoms with Crippen molar-refractivity contribution in [3.8, 4) is 0 Å². The van der Waals surface area contributed by atoms with Crippen LogP contribution in [-0.2, 0) is 4.87 Å². The van der Waals surface area contributed by atoms with E-state index in [0.717, 1.165) is 23.4 Å². The molecular formula is C17H14ClNOS. The molecule has 1 amide bonds. The predicted molar refractivity (Wildman–Crippen MR) is 86.9 cm³/mol. The first-order chi connectivity index (χ1) is 10.1. The first kappa shape index (κ1) is 13.2. The van der Waals surface area contributed by atoms with E-state index in [0.29, 0.717) is 5.02 Å². The third kappa shape index (κ3) is 1.71. The van der Waals surface area contributed by atoms with Crippen molar-refractivity contribution in [1.29, 1.82) is 0 Å². The Morgan fingerprint density at radius 1 is 1.24 bits per heavy atom. The summed E-state index contributed by atoms with van der Waals surface area (Å²) in [6.07, 6.45) is 0. The van der Waals surface area contributed by atoms with Gasteiger partial charge >= 0.3 is 0 Å². The predicted octanol–water partition coefficient (Wildman–Crippen LogP) is 4.05. The second kappa shape index (κ2) is 4.52. The fraction of sp³-hybridized carbons (Fsp3) is 0.235. The molecule has 0 spiro atoms. The highest BCUT2D eigenvalue weighted by atomic mass is 35.5. The fourth-order valence-corrected chi connectivity index (χ4v) is 5.07. The van der Waals surface area contributed by atoms with E-state index < -0.39 is 0 Å². The molecule has 2 aliphatic rings. The molecule has 1 atom stereocenters. The number of hydrogen-bond donors (Lipinski definition) is 0. The normalized spacial score (nSPS) is 23.3. The Bertz CT molecular complexity index is 760. The number of benzene rings is 2. The van der Waals surface area contributed by atoms with E-state index in [2.05, 4.69) is 31.2 Å². The molecule has 1 unspecified atom stereocenters. The highest BCUT2D eigenvalue weighted by molar-refractivity contribution is 8.00. The molecule has 0 bridgehead atoms. The van der Waals surface area contributed by atoms with Crippen molar-refractivity contribution in [2.75, 3.05) is 12.3 Å². The van der Waals surface area contributed by atoms with E-state index in [4.69, 9.17) is 11.6 Å². The van der Waals surface area contributed by atoms with Crippen LogP contribution < -0.4 is 0 Å². The molecule has 2 aromatic carbocycles. The maximum atomic E-state index is 12.7.